The summed E-state index contributed by atoms with van der Waals surface area (Å²) in [6, 6.07) is 8.75. The van der Waals surface area contributed by atoms with Gasteiger partial charge in [0.05, 0.1) is 11.9 Å². The first-order valence-corrected chi connectivity index (χ1v) is 8.69. The normalized spacial score (nSPS) is 12.3. The number of benzene rings is 1. The molecule has 0 unspecified atom stereocenters. The average molecular weight is 386 g/mol. The van der Waals surface area contributed by atoms with Gasteiger partial charge in [-0.05, 0) is 19.1 Å². The van der Waals surface area contributed by atoms with Crippen molar-refractivity contribution in [3.05, 3.63) is 48.0 Å². The number of para-hydroxylation sites is 1. The van der Waals surface area contributed by atoms with E-state index in [0.29, 0.717) is 22.4 Å². The summed E-state index contributed by atoms with van der Waals surface area (Å²) in [7, 11) is -3.58. The van der Waals surface area contributed by atoms with Crippen LogP contribution >= 0.6 is 0 Å². The van der Waals surface area contributed by atoms with E-state index in [1.807, 2.05) is 4.72 Å². The van der Waals surface area contributed by atoms with Crippen LogP contribution in [0.2, 0.25) is 0 Å². The minimum atomic E-state index is -4.89. The second-order valence-electron chi connectivity index (χ2n) is 5.31. The molecule has 3 aromatic rings. The number of aryl methyl sites for hydroxylation is 2. The first-order chi connectivity index (χ1) is 12.1. The fraction of sp³-hybridized carbons (Fsp3) is 0.214. The van der Waals surface area contributed by atoms with E-state index in [0.717, 1.165) is 7.05 Å². The maximum Gasteiger partial charge on any atom is 0.434 e. The summed E-state index contributed by atoms with van der Waals surface area (Å²) in [6.45, 7) is 1.59. The SMILES string of the molecule is Cc1nc(NS(=O)(=O)c2cnn(C)c2C(F)(F)F)nn1-c1ccccc1. The Bertz CT molecular complexity index is 1040. The molecule has 0 saturated carbocycles. The molecule has 1 aromatic carbocycles. The van der Waals surface area contributed by atoms with Crippen LogP contribution in [0.3, 0.4) is 0 Å². The topological polar surface area (TPSA) is 94.7 Å². The minimum absolute atomic E-state index is 0.344. The third kappa shape index (κ3) is 3.27. The number of hydrogen-bond acceptors (Lipinski definition) is 5. The van der Waals surface area contributed by atoms with Crippen LogP contribution in [-0.2, 0) is 23.2 Å². The first kappa shape index (κ1) is 17.9. The predicted octanol–water partition coefficient (Wildman–Crippen LogP) is 2.13. The Kier molecular flexibility index (Phi) is 4.22. The second kappa shape index (κ2) is 6.12. The quantitative estimate of drug-likeness (QED) is 0.741. The number of nitrogens with one attached hydrogen (secondary N) is 1. The van der Waals surface area contributed by atoms with Crippen LogP contribution in [-0.4, -0.2) is 33.0 Å². The van der Waals surface area contributed by atoms with Gasteiger partial charge in [-0.15, -0.1) is 5.10 Å². The van der Waals surface area contributed by atoms with Crippen molar-refractivity contribution in [3.63, 3.8) is 0 Å². The predicted molar refractivity (Wildman–Crippen MR) is 85.1 cm³/mol. The van der Waals surface area contributed by atoms with E-state index < -0.39 is 26.8 Å². The van der Waals surface area contributed by atoms with Crippen molar-refractivity contribution >= 4 is 16.0 Å². The standard InChI is InChI=1S/C14H13F3N6O2S/c1-9-19-13(20-23(9)10-6-4-3-5-7-10)21-26(24,25)11-8-18-22(2)12(11)14(15,16)17/h3-8H,1-2H3,(H,20,21). The summed E-state index contributed by atoms with van der Waals surface area (Å²) < 4.78 is 67.9. The van der Waals surface area contributed by atoms with E-state index in [2.05, 4.69) is 15.2 Å². The Balaban J connectivity index is 1.98. The molecule has 0 fully saturated rings. The number of aromatic nitrogens is 5. The molecular formula is C14H13F3N6O2S. The molecule has 2 aromatic heterocycles. The Hall–Kier alpha value is -2.89. The van der Waals surface area contributed by atoms with Crippen molar-refractivity contribution < 1.29 is 21.6 Å². The van der Waals surface area contributed by atoms with E-state index in [1.54, 1.807) is 37.3 Å². The molecule has 26 heavy (non-hydrogen) atoms. The van der Waals surface area contributed by atoms with Gasteiger partial charge in [-0.1, -0.05) is 18.2 Å². The number of rotatable bonds is 4. The van der Waals surface area contributed by atoms with Crippen LogP contribution in [0.1, 0.15) is 11.5 Å². The van der Waals surface area contributed by atoms with Crippen LogP contribution < -0.4 is 4.72 Å². The van der Waals surface area contributed by atoms with Crippen LogP contribution in [0.25, 0.3) is 5.69 Å². The van der Waals surface area contributed by atoms with Crippen LogP contribution in [0.4, 0.5) is 19.1 Å². The number of hydrogen-bond donors (Lipinski definition) is 1. The molecule has 8 nitrogen and oxygen atoms in total. The summed E-state index contributed by atoms with van der Waals surface area (Å²) in [6.07, 6.45) is -4.26. The third-order valence-corrected chi connectivity index (χ3v) is 4.79. The van der Waals surface area contributed by atoms with Gasteiger partial charge in [-0.3, -0.25) is 4.68 Å². The van der Waals surface area contributed by atoms with Crippen molar-refractivity contribution in [1.29, 1.82) is 0 Å². The van der Waals surface area contributed by atoms with Gasteiger partial charge in [0.25, 0.3) is 16.0 Å². The van der Waals surface area contributed by atoms with Crippen LogP contribution in [0, 0.1) is 6.92 Å². The zero-order valence-corrected chi connectivity index (χ0v) is 14.4. The van der Waals surface area contributed by atoms with Crippen molar-refractivity contribution in [1.82, 2.24) is 24.5 Å². The highest BCUT2D eigenvalue weighted by atomic mass is 32.2. The number of halogens is 3. The smallest absolute Gasteiger partial charge is 0.262 e. The number of sulfonamides is 1. The molecule has 0 aliphatic carbocycles. The summed E-state index contributed by atoms with van der Waals surface area (Å²) in [5.41, 5.74) is -0.760. The Labute approximate surface area is 146 Å². The lowest BCUT2D eigenvalue weighted by Gasteiger charge is -2.10. The summed E-state index contributed by atoms with van der Waals surface area (Å²) >= 11 is 0. The highest BCUT2D eigenvalue weighted by Crippen LogP contribution is 2.34. The molecule has 0 amide bonds. The lowest BCUT2D eigenvalue weighted by Crippen LogP contribution is -2.20. The molecule has 0 aliphatic heterocycles. The van der Waals surface area contributed by atoms with E-state index in [4.69, 9.17) is 0 Å². The first-order valence-electron chi connectivity index (χ1n) is 7.20. The molecule has 12 heteroatoms. The van der Waals surface area contributed by atoms with Gasteiger partial charge in [0.1, 0.15) is 10.7 Å². The van der Waals surface area contributed by atoms with Gasteiger partial charge >= 0.3 is 6.18 Å². The largest absolute Gasteiger partial charge is 0.434 e. The Morgan fingerprint density at radius 2 is 1.81 bits per heavy atom. The van der Waals surface area contributed by atoms with Gasteiger partial charge < -0.3 is 0 Å². The number of alkyl halides is 3. The fourth-order valence-corrected chi connectivity index (χ4v) is 3.48. The summed E-state index contributed by atoms with van der Waals surface area (Å²) in [4.78, 5) is 2.95. The van der Waals surface area contributed by atoms with Crippen molar-refractivity contribution in [2.24, 2.45) is 7.05 Å². The van der Waals surface area contributed by atoms with Gasteiger partial charge in [0, 0.05) is 7.05 Å². The van der Waals surface area contributed by atoms with Gasteiger partial charge in [-0.2, -0.15) is 23.3 Å². The number of anilines is 1. The lowest BCUT2D eigenvalue weighted by molar-refractivity contribution is -0.146. The molecule has 0 saturated heterocycles. The van der Waals surface area contributed by atoms with Crippen molar-refractivity contribution in [3.8, 4) is 5.69 Å². The van der Waals surface area contributed by atoms with E-state index in [9.17, 15) is 21.6 Å². The number of nitrogens with zero attached hydrogens (tertiary/aromatic N) is 5. The fourth-order valence-electron chi connectivity index (χ4n) is 2.36. The maximum atomic E-state index is 13.1. The van der Waals surface area contributed by atoms with Crippen molar-refractivity contribution in [2.45, 2.75) is 18.0 Å². The molecule has 3 rings (SSSR count). The second-order valence-corrected chi connectivity index (χ2v) is 6.97. The zero-order chi connectivity index (χ0) is 19.1. The van der Waals surface area contributed by atoms with E-state index >= 15 is 0 Å². The molecule has 0 aliphatic rings. The maximum absolute atomic E-state index is 13.1. The van der Waals surface area contributed by atoms with Gasteiger partial charge in [0.15, 0.2) is 5.69 Å². The molecule has 0 atom stereocenters. The van der Waals surface area contributed by atoms with Crippen LogP contribution in [0.5, 0.6) is 0 Å². The molecule has 1 N–H and O–H groups in total. The summed E-state index contributed by atoms with van der Waals surface area (Å²) in [5.74, 6) is 0.0134. The molecule has 0 radical (unpaired) electrons. The van der Waals surface area contributed by atoms with Gasteiger partial charge in [0.2, 0.25) is 0 Å². The van der Waals surface area contributed by atoms with Crippen LogP contribution in [0.15, 0.2) is 41.4 Å². The highest BCUT2D eigenvalue weighted by Gasteiger charge is 2.41. The monoisotopic (exact) mass is 386 g/mol. The van der Waals surface area contributed by atoms with E-state index in [1.165, 1.54) is 4.68 Å². The molecule has 138 valence electrons. The summed E-state index contributed by atoms with van der Waals surface area (Å²) in [5, 5.41) is 7.39. The molecule has 0 bridgehead atoms. The Morgan fingerprint density at radius 1 is 1.15 bits per heavy atom. The van der Waals surface area contributed by atoms with E-state index in [-0.39, 0.29) is 5.95 Å². The molecule has 2 heterocycles. The molecule has 0 spiro atoms. The Morgan fingerprint density at radius 3 is 2.42 bits per heavy atom. The lowest BCUT2D eigenvalue weighted by atomic mass is 10.3. The van der Waals surface area contributed by atoms with Crippen molar-refractivity contribution in [2.75, 3.05) is 4.72 Å². The molecular weight excluding hydrogens is 373 g/mol. The third-order valence-electron chi connectivity index (χ3n) is 3.46. The minimum Gasteiger partial charge on any atom is -0.262 e. The highest BCUT2D eigenvalue weighted by molar-refractivity contribution is 7.92. The zero-order valence-electron chi connectivity index (χ0n) is 13.6. The van der Waals surface area contributed by atoms with Gasteiger partial charge in [-0.25, -0.2) is 17.8 Å². The average Bonchev–Trinajstić information content (AvgIpc) is 3.10.